The number of halogens is 2. The number of benzene rings is 1. The Morgan fingerprint density at radius 1 is 1.44 bits per heavy atom. The maximum atomic E-state index is 13.3. The first-order chi connectivity index (χ1) is 8.63. The Labute approximate surface area is 109 Å². The molecule has 0 aliphatic rings. The van der Waals surface area contributed by atoms with Crippen molar-refractivity contribution in [2.24, 2.45) is 0 Å². The third-order valence-electron chi connectivity index (χ3n) is 2.50. The lowest BCUT2D eigenvalue weighted by molar-refractivity contribution is 0.429. The number of aromatic nitrogens is 2. The zero-order valence-electron chi connectivity index (χ0n) is 10.1. The molecule has 96 valence electrons. The van der Waals surface area contributed by atoms with Crippen LogP contribution in [0.4, 0.5) is 4.39 Å². The summed E-state index contributed by atoms with van der Waals surface area (Å²) in [6, 6.07) is 4.42. The molecule has 4 nitrogen and oxygen atoms in total. The van der Waals surface area contributed by atoms with E-state index in [9.17, 15) is 4.39 Å². The van der Waals surface area contributed by atoms with Crippen molar-refractivity contribution in [3.8, 4) is 11.5 Å². The molecule has 1 N–H and O–H groups in total. The number of nitrogens with zero attached hydrogens (tertiary/aromatic N) is 2. The van der Waals surface area contributed by atoms with Gasteiger partial charge in [-0.3, -0.25) is 0 Å². The molecule has 2 rings (SSSR count). The fraction of sp³-hybridized carbons (Fsp3) is 0.333. The summed E-state index contributed by atoms with van der Waals surface area (Å²) in [5.74, 6) is 0.167. The molecule has 1 aromatic heterocycles. The van der Waals surface area contributed by atoms with E-state index < -0.39 is 5.82 Å². The third kappa shape index (κ3) is 2.52. The van der Waals surface area contributed by atoms with Gasteiger partial charge in [0.05, 0.1) is 16.6 Å². The maximum absolute atomic E-state index is 13.3. The average molecular weight is 270 g/mol. The summed E-state index contributed by atoms with van der Waals surface area (Å²) in [4.78, 5) is 0. The van der Waals surface area contributed by atoms with E-state index in [1.807, 2.05) is 13.8 Å². The van der Waals surface area contributed by atoms with Crippen LogP contribution in [0.5, 0.6) is 0 Å². The van der Waals surface area contributed by atoms with Crippen LogP contribution >= 0.6 is 11.6 Å². The van der Waals surface area contributed by atoms with Crippen LogP contribution in [-0.4, -0.2) is 16.7 Å². The number of rotatable bonds is 4. The zero-order chi connectivity index (χ0) is 13.1. The topological polar surface area (TPSA) is 51.0 Å². The van der Waals surface area contributed by atoms with Crippen molar-refractivity contribution in [1.82, 2.24) is 15.5 Å². The Balaban J connectivity index is 2.32. The van der Waals surface area contributed by atoms with E-state index >= 15 is 0 Å². The lowest BCUT2D eigenvalue weighted by Crippen LogP contribution is -2.17. The van der Waals surface area contributed by atoms with Crippen molar-refractivity contribution in [2.75, 3.05) is 6.54 Å². The van der Waals surface area contributed by atoms with Gasteiger partial charge in [-0.25, -0.2) is 4.39 Å². The molecule has 0 amide bonds. The van der Waals surface area contributed by atoms with E-state index in [0.717, 1.165) is 6.54 Å². The fourth-order valence-electron chi connectivity index (χ4n) is 1.58. The molecule has 0 saturated heterocycles. The van der Waals surface area contributed by atoms with Gasteiger partial charge in [-0.2, -0.15) is 0 Å². The van der Waals surface area contributed by atoms with Crippen LogP contribution in [-0.2, 0) is 0 Å². The second-order valence-electron chi connectivity index (χ2n) is 3.83. The van der Waals surface area contributed by atoms with Gasteiger partial charge >= 0.3 is 0 Å². The van der Waals surface area contributed by atoms with Gasteiger partial charge in [0.15, 0.2) is 0 Å². The fourth-order valence-corrected chi connectivity index (χ4v) is 1.79. The summed E-state index contributed by atoms with van der Waals surface area (Å²) in [6.45, 7) is 4.69. The van der Waals surface area contributed by atoms with Gasteiger partial charge in [0.2, 0.25) is 11.8 Å². The molecule has 1 atom stereocenters. The summed E-state index contributed by atoms with van der Waals surface area (Å²) in [6.07, 6.45) is 0. The molecule has 0 saturated carbocycles. The highest BCUT2D eigenvalue weighted by Crippen LogP contribution is 2.29. The molecule has 0 aliphatic heterocycles. The highest BCUT2D eigenvalue weighted by molar-refractivity contribution is 6.33. The Hall–Kier alpha value is -1.46. The largest absolute Gasteiger partial charge is 0.419 e. The molecule has 1 aromatic carbocycles. The van der Waals surface area contributed by atoms with E-state index in [1.165, 1.54) is 6.07 Å². The molecule has 18 heavy (non-hydrogen) atoms. The molecule has 1 heterocycles. The van der Waals surface area contributed by atoms with Crippen LogP contribution < -0.4 is 5.32 Å². The summed E-state index contributed by atoms with van der Waals surface area (Å²) >= 11 is 5.86. The van der Waals surface area contributed by atoms with Crippen LogP contribution in [0.1, 0.15) is 25.8 Å². The van der Waals surface area contributed by atoms with E-state index in [2.05, 4.69) is 15.5 Å². The first-order valence-electron chi connectivity index (χ1n) is 5.64. The lowest BCUT2D eigenvalue weighted by atomic mass is 10.2. The Morgan fingerprint density at radius 3 is 2.94 bits per heavy atom. The van der Waals surface area contributed by atoms with Gasteiger partial charge in [-0.15, -0.1) is 10.2 Å². The van der Waals surface area contributed by atoms with Crippen molar-refractivity contribution < 1.29 is 8.81 Å². The van der Waals surface area contributed by atoms with E-state index in [-0.39, 0.29) is 17.0 Å². The van der Waals surface area contributed by atoms with Gasteiger partial charge in [-0.1, -0.05) is 24.6 Å². The first kappa shape index (κ1) is 13.0. The summed E-state index contributed by atoms with van der Waals surface area (Å²) in [7, 11) is 0. The van der Waals surface area contributed by atoms with Gasteiger partial charge in [0, 0.05) is 0 Å². The van der Waals surface area contributed by atoms with Crippen LogP contribution in [0.2, 0.25) is 5.02 Å². The zero-order valence-corrected chi connectivity index (χ0v) is 10.8. The number of nitrogens with one attached hydrogen (secondary N) is 1. The van der Waals surface area contributed by atoms with E-state index in [0.29, 0.717) is 11.5 Å². The Morgan fingerprint density at radius 2 is 2.22 bits per heavy atom. The molecule has 2 aromatic rings. The first-order valence-corrected chi connectivity index (χ1v) is 6.02. The lowest BCUT2D eigenvalue weighted by Gasteiger charge is -2.05. The third-order valence-corrected chi connectivity index (χ3v) is 2.89. The molecule has 0 radical (unpaired) electrons. The average Bonchev–Trinajstić information content (AvgIpc) is 2.82. The predicted molar refractivity (Wildman–Crippen MR) is 66.8 cm³/mol. The second kappa shape index (κ2) is 5.46. The standard InChI is InChI=1S/C12H13ClFN3O/c1-3-15-7(2)11-16-17-12(18-11)8-5-4-6-9(14)10(8)13/h4-7,15H,3H2,1-2H3. The maximum Gasteiger partial charge on any atom is 0.249 e. The van der Waals surface area contributed by atoms with E-state index in [4.69, 9.17) is 16.0 Å². The van der Waals surface area contributed by atoms with Gasteiger partial charge in [0.1, 0.15) is 5.82 Å². The van der Waals surface area contributed by atoms with Gasteiger partial charge < -0.3 is 9.73 Å². The summed E-state index contributed by atoms with van der Waals surface area (Å²) in [5.41, 5.74) is 0.402. The molecular weight excluding hydrogens is 257 g/mol. The van der Waals surface area contributed by atoms with Crippen molar-refractivity contribution in [1.29, 1.82) is 0 Å². The van der Waals surface area contributed by atoms with Crippen LogP contribution in [0, 0.1) is 5.82 Å². The normalized spacial score (nSPS) is 12.7. The minimum absolute atomic E-state index is 0.0104. The van der Waals surface area contributed by atoms with Crippen LogP contribution in [0.25, 0.3) is 11.5 Å². The van der Waals surface area contributed by atoms with Gasteiger partial charge in [0.25, 0.3) is 0 Å². The Kier molecular flexibility index (Phi) is 3.93. The smallest absolute Gasteiger partial charge is 0.249 e. The highest BCUT2D eigenvalue weighted by Gasteiger charge is 2.17. The van der Waals surface area contributed by atoms with Crippen molar-refractivity contribution >= 4 is 11.6 Å². The SMILES string of the molecule is CCNC(C)c1nnc(-c2cccc(F)c2Cl)o1. The minimum Gasteiger partial charge on any atom is -0.419 e. The Bertz CT molecular complexity index is 544. The number of hydrogen-bond acceptors (Lipinski definition) is 4. The quantitative estimate of drug-likeness (QED) is 0.926. The van der Waals surface area contributed by atoms with Crippen LogP contribution in [0.15, 0.2) is 22.6 Å². The monoisotopic (exact) mass is 269 g/mol. The molecule has 0 fully saturated rings. The summed E-state index contributed by atoms with van der Waals surface area (Å²) < 4.78 is 18.8. The second-order valence-corrected chi connectivity index (χ2v) is 4.20. The minimum atomic E-state index is -0.506. The highest BCUT2D eigenvalue weighted by atomic mass is 35.5. The molecule has 0 spiro atoms. The molecule has 0 bridgehead atoms. The van der Waals surface area contributed by atoms with Crippen LogP contribution in [0.3, 0.4) is 0 Å². The van der Waals surface area contributed by atoms with Crippen molar-refractivity contribution in [3.63, 3.8) is 0 Å². The van der Waals surface area contributed by atoms with Gasteiger partial charge in [-0.05, 0) is 25.6 Å². The summed E-state index contributed by atoms with van der Waals surface area (Å²) in [5, 5.41) is 10.9. The van der Waals surface area contributed by atoms with E-state index in [1.54, 1.807) is 12.1 Å². The molecule has 6 heteroatoms. The molecular formula is C12H13ClFN3O. The molecule has 0 aliphatic carbocycles. The van der Waals surface area contributed by atoms with Crippen molar-refractivity contribution in [2.45, 2.75) is 19.9 Å². The van der Waals surface area contributed by atoms with Crippen molar-refractivity contribution in [3.05, 3.63) is 34.9 Å². The predicted octanol–water partition coefficient (Wildman–Crippen LogP) is 3.20. The molecule has 1 unspecified atom stereocenters. The number of hydrogen-bond donors (Lipinski definition) is 1.